The summed E-state index contributed by atoms with van der Waals surface area (Å²) >= 11 is 5.56. The van der Waals surface area contributed by atoms with Crippen molar-refractivity contribution in [3.63, 3.8) is 0 Å². The van der Waals surface area contributed by atoms with Gasteiger partial charge in [0.05, 0.1) is 18.0 Å². The van der Waals surface area contributed by atoms with E-state index in [9.17, 15) is 13.2 Å². The minimum Gasteiger partial charge on any atom is -0.377 e. The summed E-state index contributed by atoms with van der Waals surface area (Å²) in [6, 6.07) is 14.9. The van der Waals surface area contributed by atoms with Gasteiger partial charge in [-0.3, -0.25) is 0 Å². The van der Waals surface area contributed by atoms with Crippen LogP contribution in [0.2, 0.25) is 6.32 Å². The maximum atomic E-state index is 12.9. The number of halogens is 4. The van der Waals surface area contributed by atoms with Crippen molar-refractivity contribution in [3.8, 4) is 0 Å². The molecule has 1 heterocycles. The van der Waals surface area contributed by atoms with Gasteiger partial charge in [0.15, 0.2) is 0 Å². The Balaban J connectivity index is 0.000000278. The minimum absolute atomic E-state index is 0.150. The molecule has 0 spiro atoms. The highest BCUT2D eigenvalue weighted by molar-refractivity contribution is 6.85. The largest absolute Gasteiger partial charge is 0.416 e. The maximum Gasteiger partial charge on any atom is 0.416 e. The molecule has 2 aromatic carbocycles. The van der Waals surface area contributed by atoms with Gasteiger partial charge in [-0.15, -0.1) is 0 Å². The van der Waals surface area contributed by atoms with Crippen LogP contribution in [0.15, 0.2) is 84.9 Å². The minimum atomic E-state index is -4.33. The summed E-state index contributed by atoms with van der Waals surface area (Å²) in [6.07, 6.45) is 3.76. The van der Waals surface area contributed by atoms with Crippen molar-refractivity contribution in [2.45, 2.75) is 39.0 Å². The van der Waals surface area contributed by atoms with Gasteiger partial charge in [-0.05, 0) is 25.7 Å². The van der Waals surface area contributed by atoms with Crippen LogP contribution in [0.25, 0.3) is 0 Å². The molecule has 3 rings (SSSR count). The third kappa shape index (κ3) is 8.56. The van der Waals surface area contributed by atoms with Crippen LogP contribution in [0, 0.1) is 0 Å². The lowest BCUT2D eigenvalue weighted by atomic mass is 9.38. The van der Waals surface area contributed by atoms with Crippen molar-refractivity contribution in [3.05, 3.63) is 90.5 Å². The van der Waals surface area contributed by atoms with Gasteiger partial charge in [0, 0.05) is 25.5 Å². The molecular weight excluding hydrogens is 436 g/mol. The van der Waals surface area contributed by atoms with E-state index < -0.39 is 11.7 Å². The molecule has 3 aromatic rings. The van der Waals surface area contributed by atoms with E-state index >= 15 is 0 Å². The van der Waals surface area contributed by atoms with Gasteiger partial charge in [0.2, 0.25) is 6.71 Å². The number of rotatable bonds is 8. The third-order valence-electron chi connectivity index (χ3n) is 4.76. The van der Waals surface area contributed by atoms with Crippen molar-refractivity contribution < 1.29 is 17.9 Å². The fourth-order valence-corrected chi connectivity index (χ4v) is 3.40. The number of hydrogen-bond donors (Lipinski definition) is 0. The Morgan fingerprint density at radius 2 is 1.84 bits per heavy atom. The first kappa shape index (κ1) is 25.8. The molecule has 0 saturated heterocycles. The highest BCUT2D eigenvalue weighted by Gasteiger charge is 2.31. The van der Waals surface area contributed by atoms with Gasteiger partial charge < -0.3 is 9.30 Å². The van der Waals surface area contributed by atoms with E-state index in [0.29, 0.717) is 11.8 Å². The molecular formula is C24H27BClF3N2O. The molecule has 1 aromatic heterocycles. The molecule has 170 valence electrons. The van der Waals surface area contributed by atoms with Crippen LogP contribution in [-0.2, 0) is 17.5 Å². The lowest BCUT2D eigenvalue weighted by Crippen LogP contribution is -2.41. The summed E-state index contributed by atoms with van der Waals surface area (Å²) in [6.45, 7) is 5.57. The van der Waals surface area contributed by atoms with Crippen molar-refractivity contribution in [1.29, 1.82) is 0 Å². The second-order valence-electron chi connectivity index (χ2n) is 7.21. The molecule has 0 bridgehead atoms. The molecule has 32 heavy (non-hydrogen) atoms. The first-order valence-corrected chi connectivity index (χ1v) is 10.8. The Bertz CT molecular complexity index is 934. The topological polar surface area (TPSA) is 27.1 Å². The number of benzene rings is 2. The molecule has 0 N–H and O–H groups in total. The van der Waals surface area contributed by atoms with Gasteiger partial charge in [-0.25, -0.2) is 4.98 Å². The SMILES string of the molecule is CCOC(C)Cn1ccnc1.FC(F)(F)c1cccc(B(CC=CCl)c2ccccc2)c1. The molecule has 0 radical (unpaired) electrons. The number of hydrogen-bond acceptors (Lipinski definition) is 2. The van der Waals surface area contributed by atoms with E-state index in [1.54, 1.807) is 24.7 Å². The molecule has 0 fully saturated rings. The monoisotopic (exact) mass is 462 g/mol. The Kier molecular flexibility index (Phi) is 10.6. The lowest BCUT2D eigenvalue weighted by Gasteiger charge is -2.15. The predicted molar refractivity (Wildman–Crippen MR) is 126 cm³/mol. The second-order valence-corrected chi connectivity index (χ2v) is 7.46. The van der Waals surface area contributed by atoms with Gasteiger partial charge in [-0.2, -0.15) is 13.2 Å². The van der Waals surface area contributed by atoms with E-state index in [-0.39, 0.29) is 12.8 Å². The van der Waals surface area contributed by atoms with Gasteiger partial charge in [0.25, 0.3) is 0 Å². The number of alkyl halides is 3. The summed E-state index contributed by atoms with van der Waals surface area (Å²) in [5.74, 6) is 0. The zero-order chi connectivity index (χ0) is 23.4. The number of ether oxygens (including phenoxy) is 1. The van der Waals surface area contributed by atoms with E-state index in [2.05, 4.69) is 11.9 Å². The molecule has 1 unspecified atom stereocenters. The van der Waals surface area contributed by atoms with Crippen molar-refractivity contribution in [2.75, 3.05) is 6.61 Å². The smallest absolute Gasteiger partial charge is 0.377 e. The number of allylic oxidation sites excluding steroid dienone is 1. The van der Waals surface area contributed by atoms with Crippen LogP contribution in [0.4, 0.5) is 13.2 Å². The fraction of sp³-hybridized carbons (Fsp3) is 0.292. The van der Waals surface area contributed by atoms with Gasteiger partial charge in [0.1, 0.15) is 0 Å². The fourth-order valence-electron chi connectivity index (χ4n) is 3.30. The van der Waals surface area contributed by atoms with Crippen molar-refractivity contribution in [2.24, 2.45) is 0 Å². The van der Waals surface area contributed by atoms with Crippen molar-refractivity contribution >= 4 is 29.2 Å². The predicted octanol–water partition coefficient (Wildman–Crippen LogP) is 5.38. The highest BCUT2D eigenvalue weighted by atomic mass is 35.5. The first-order valence-electron chi connectivity index (χ1n) is 10.4. The molecule has 0 aliphatic heterocycles. The van der Waals surface area contributed by atoms with Gasteiger partial charge >= 0.3 is 6.18 Å². The zero-order valence-electron chi connectivity index (χ0n) is 18.2. The normalized spacial score (nSPS) is 12.3. The standard InChI is InChI=1S/C16H13BClF3.C8H14N2O/c18-11-5-10-17(14-7-2-1-3-8-14)15-9-4-6-13(12-15)16(19,20)21;1-3-11-8(2)6-10-5-4-9-7-10/h1-9,11-12H,10H2;4-5,7-8H,3,6H2,1-2H3. The Morgan fingerprint density at radius 3 is 2.44 bits per heavy atom. The van der Waals surface area contributed by atoms with E-state index in [1.165, 1.54) is 17.7 Å². The van der Waals surface area contributed by atoms with Crippen molar-refractivity contribution in [1.82, 2.24) is 9.55 Å². The summed E-state index contributed by atoms with van der Waals surface area (Å²) in [7, 11) is 0. The van der Waals surface area contributed by atoms with Crippen LogP contribution in [0.3, 0.4) is 0 Å². The van der Waals surface area contributed by atoms with Crippen LogP contribution in [0.1, 0.15) is 19.4 Å². The van der Waals surface area contributed by atoms with E-state index in [1.807, 2.05) is 48.0 Å². The average molecular weight is 463 g/mol. The summed E-state index contributed by atoms with van der Waals surface area (Å²) in [5, 5.41) is 0. The maximum absolute atomic E-state index is 12.9. The molecule has 3 nitrogen and oxygen atoms in total. The molecule has 0 saturated carbocycles. The number of imidazole rings is 1. The van der Waals surface area contributed by atoms with Crippen LogP contribution in [-0.4, -0.2) is 29.0 Å². The Morgan fingerprint density at radius 1 is 1.12 bits per heavy atom. The average Bonchev–Trinajstić information content (AvgIpc) is 3.28. The molecule has 0 aliphatic rings. The summed E-state index contributed by atoms with van der Waals surface area (Å²) in [4.78, 5) is 3.94. The highest BCUT2D eigenvalue weighted by Crippen LogP contribution is 2.28. The summed E-state index contributed by atoms with van der Waals surface area (Å²) in [5.41, 5.74) is 2.36. The van der Waals surface area contributed by atoms with E-state index in [0.717, 1.165) is 24.7 Å². The first-order chi connectivity index (χ1) is 15.3. The number of nitrogens with zero attached hydrogens (tertiary/aromatic N) is 2. The molecule has 0 amide bonds. The van der Waals surface area contributed by atoms with E-state index in [4.69, 9.17) is 16.3 Å². The quantitative estimate of drug-likeness (QED) is 0.421. The lowest BCUT2D eigenvalue weighted by molar-refractivity contribution is -0.137. The van der Waals surface area contributed by atoms with Crippen LogP contribution in [0.5, 0.6) is 0 Å². The zero-order valence-corrected chi connectivity index (χ0v) is 18.9. The molecule has 1 atom stereocenters. The Hall–Kier alpha value is -2.51. The Labute approximate surface area is 193 Å². The van der Waals surface area contributed by atoms with Crippen LogP contribution < -0.4 is 10.9 Å². The molecule has 0 aliphatic carbocycles. The van der Waals surface area contributed by atoms with Crippen LogP contribution >= 0.6 is 11.6 Å². The number of aromatic nitrogens is 2. The van der Waals surface area contributed by atoms with Gasteiger partial charge in [-0.1, -0.05) is 83.2 Å². The third-order valence-corrected chi connectivity index (χ3v) is 4.94. The molecule has 8 heteroatoms. The summed E-state index contributed by atoms with van der Waals surface area (Å²) < 4.78 is 45.9. The second kappa shape index (κ2) is 13.1.